The van der Waals surface area contributed by atoms with Crippen LogP contribution in [-0.4, -0.2) is 66.5 Å². The Hall–Kier alpha value is -4.53. The van der Waals surface area contributed by atoms with Gasteiger partial charge in [-0.2, -0.15) is 0 Å². The summed E-state index contributed by atoms with van der Waals surface area (Å²) in [5, 5.41) is 12.6. The monoisotopic (exact) mass is 557 g/mol. The zero-order chi connectivity index (χ0) is 29.3. The number of nitrogens with one attached hydrogen (secondary N) is 1. The van der Waals surface area contributed by atoms with Gasteiger partial charge in [0.15, 0.2) is 0 Å². The van der Waals surface area contributed by atoms with Crippen molar-refractivity contribution in [2.24, 2.45) is 0 Å². The van der Waals surface area contributed by atoms with Gasteiger partial charge in [-0.15, -0.1) is 0 Å². The topological polar surface area (TPSA) is 108 Å². The van der Waals surface area contributed by atoms with Crippen LogP contribution in [0.2, 0.25) is 0 Å². The van der Waals surface area contributed by atoms with E-state index in [9.17, 15) is 19.5 Å². The molecule has 3 aromatic carbocycles. The predicted molar refractivity (Wildman–Crippen MR) is 157 cm³/mol. The molecule has 2 N–H and O–H groups in total. The first-order valence-corrected chi connectivity index (χ1v) is 13.7. The highest BCUT2D eigenvalue weighted by Gasteiger charge is 2.30. The summed E-state index contributed by atoms with van der Waals surface area (Å²) >= 11 is 0. The molecule has 0 atom stereocenters. The van der Waals surface area contributed by atoms with Crippen LogP contribution in [0.1, 0.15) is 53.7 Å². The molecule has 0 radical (unpaired) electrons. The number of rotatable bonds is 5. The Morgan fingerprint density at radius 3 is 2.07 bits per heavy atom. The van der Waals surface area contributed by atoms with Crippen LogP contribution in [-0.2, 0) is 9.47 Å². The number of benzene rings is 3. The lowest BCUT2D eigenvalue weighted by molar-refractivity contribution is 0.0240. The minimum atomic E-state index is -1.10. The number of carboxylic acid groups (broad SMARTS) is 1. The van der Waals surface area contributed by atoms with Gasteiger partial charge in [0.05, 0.1) is 5.56 Å². The Morgan fingerprint density at radius 2 is 1.51 bits per heavy atom. The van der Waals surface area contributed by atoms with Crippen molar-refractivity contribution in [1.82, 2.24) is 4.90 Å². The molecule has 0 saturated carbocycles. The van der Waals surface area contributed by atoms with Crippen molar-refractivity contribution in [2.75, 3.05) is 43.0 Å². The number of aromatic carboxylic acids is 1. The molecule has 1 aliphatic heterocycles. The summed E-state index contributed by atoms with van der Waals surface area (Å²) in [4.78, 5) is 41.1. The normalized spacial score (nSPS) is 14.7. The molecule has 1 heterocycles. The van der Waals surface area contributed by atoms with E-state index in [2.05, 4.69) is 29.6 Å². The molecule has 9 nitrogen and oxygen atoms in total. The van der Waals surface area contributed by atoms with E-state index in [-0.39, 0.29) is 24.2 Å². The fourth-order valence-electron chi connectivity index (χ4n) is 5.48. The maximum Gasteiger partial charge on any atom is 0.411 e. The molecule has 0 unspecified atom stereocenters. The molecule has 0 aromatic heterocycles. The van der Waals surface area contributed by atoms with Gasteiger partial charge >= 0.3 is 18.2 Å². The molecule has 214 valence electrons. The summed E-state index contributed by atoms with van der Waals surface area (Å²) in [5.41, 5.74) is 5.73. The van der Waals surface area contributed by atoms with Crippen molar-refractivity contribution in [1.29, 1.82) is 0 Å². The van der Waals surface area contributed by atoms with E-state index in [1.807, 2.05) is 56.9 Å². The van der Waals surface area contributed by atoms with E-state index in [4.69, 9.17) is 9.47 Å². The first kappa shape index (κ1) is 28.0. The molecule has 2 amide bonds. The van der Waals surface area contributed by atoms with Gasteiger partial charge in [0.2, 0.25) is 0 Å². The summed E-state index contributed by atoms with van der Waals surface area (Å²) in [6.45, 7) is 9.31. The van der Waals surface area contributed by atoms with Crippen LogP contribution in [0.4, 0.5) is 21.0 Å². The van der Waals surface area contributed by atoms with Crippen molar-refractivity contribution >= 4 is 29.5 Å². The smallest absolute Gasteiger partial charge is 0.411 e. The highest BCUT2D eigenvalue weighted by molar-refractivity contribution is 5.95. The number of ether oxygens (including phenoxy) is 2. The van der Waals surface area contributed by atoms with Gasteiger partial charge in [0.1, 0.15) is 12.2 Å². The number of hydrogen-bond donors (Lipinski definition) is 2. The van der Waals surface area contributed by atoms with Crippen molar-refractivity contribution in [3.05, 3.63) is 82.9 Å². The molecule has 1 aliphatic carbocycles. The van der Waals surface area contributed by atoms with E-state index in [0.717, 1.165) is 22.3 Å². The van der Waals surface area contributed by atoms with Gasteiger partial charge in [-0.1, -0.05) is 48.5 Å². The third-order valence-corrected chi connectivity index (χ3v) is 7.48. The van der Waals surface area contributed by atoms with Crippen molar-refractivity contribution in [3.63, 3.8) is 0 Å². The molecule has 5 rings (SSSR count). The Morgan fingerprint density at radius 1 is 0.927 bits per heavy atom. The van der Waals surface area contributed by atoms with E-state index in [1.165, 1.54) is 6.07 Å². The van der Waals surface area contributed by atoms with Crippen molar-refractivity contribution < 1.29 is 29.0 Å². The molecule has 0 bridgehead atoms. The van der Waals surface area contributed by atoms with Crippen LogP contribution in [0.25, 0.3) is 11.1 Å². The third-order valence-electron chi connectivity index (χ3n) is 7.48. The molecule has 2 aliphatic rings. The van der Waals surface area contributed by atoms with Crippen LogP contribution >= 0.6 is 0 Å². The zero-order valence-corrected chi connectivity index (χ0v) is 23.8. The second-order valence-corrected chi connectivity index (χ2v) is 11.4. The molecule has 41 heavy (non-hydrogen) atoms. The number of piperazine rings is 1. The maximum absolute atomic E-state index is 13.0. The number of fused-ring (bicyclic) bond motifs is 3. The summed E-state index contributed by atoms with van der Waals surface area (Å²) < 4.78 is 11.2. The first-order chi connectivity index (χ1) is 19.5. The fourth-order valence-corrected chi connectivity index (χ4v) is 5.48. The van der Waals surface area contributed by atoms with Gasteiger partial charge in [0.25, 0.3) is 0 Å². The highest BCUT2D eigenvalue weighted by Crippen LogP contribution is 2.44. The minimum absolute atomic E-state index is 0.0501. The average molecular weight is 558 g/mol. The van der Waals surface area contributed by atoms with Crippen LogP contribution < -0.4 is 10.2 Å². The van der Waals surface area contributed by atoms with Gasteiger partial charge in [0, 0.05) is 43.5 Å². The second-order valence-electron chi connectivity index (χ2n) is 11.4. The van der Waals surface area contributed by atoms with E-state index in [1.54, 1.807) is 11.0 Å². The van der Waals surface area contributed by atoms with Gasteiger partial charge in [-0.25, -0.2) is 14.4 Å². The van der Waals surface area contributed by atoms with Crippen LogP contribution in [0.5, 0.6) is 0 Å². The first-order valence-electron chi connectivity index (χ1n) is 13.7. The Bertz CT molecular complexity index is 1440. The molecule has 3 aromatic rings. The Balaban J connectivity index is 1.29. The number of carbonyl (C=O) groups excluding carboxylic acids is 2. The van der Waals surface area contributed by atoms with Crippen LogP contribution in [0.3, 0.4) is 0 Å². The second kappa shape index (κ2) is 11.2. The lowest BCUT2D eigenvalue weighted by Gasteiger charge is -2.37. The van der Waals surface area contributed by atoms with E-state index >= 15 is 0 Å². The molecule has 1 fully saturated rings. The summed E-state index contributed by atoms with van der Waals surface area (Å²) in [6.07, 6.45) is -1.02. The summed E-state index contributed by atoms with van der Waals surface area (Å²) in [5.74, 6) is -1.19. The van der Waals surface area contributed by atoms with E-state index in [0.29, 0.717) is 43.1 Å². The number of carboxylic acids is 1. The minimum Gasteiger partial charge on any atom is -0.478 e. The molecular weight excluding hydrogens is 522 g/mol. The molecular formula is C32H35N3O6. The van der Waals surface area contributed by atoms with Crippen LogP contribution in [0.15, 0.2) is 60.7 Å². The standard InChI is InChI=1S/C32H35N3O6/c1-20-27(33-30(38)40-19-26-24-11-7-5-9-22(24)23-10-6-8-12-25(23)26)17-21(29(36)37)18-28(20)34-13-15-35(16-14-34)31(39)41-32(2,3)4/h5-12,17-18,26H,13-16,19H2,1-4H3,(H,33,38)(H,36,37). The largest absolute Gasteiger partial charge is 0.478 e. The molecule has 0 spiro atoms. The zero-order valence-electron chi connectivity index (χ0n) is 23.8. The van der Waals surface area contributed by atoms with Gasteiger partial charge in [-0.05, 0) is 67.6 Å². The average Bonchev–Trinajstić information content (AvgIpc) is 3.25. The van der Waals surface area contributed by atoms with E-state index < -0.39 is 17.7 Å². The molecule has 1 saturated heterocycles. The van der Waals surface area contributed by atoms with Crippen LogP contribution in [0, 0.1) is 6.92 Å². The number of amides is 2. The SMILES string of the molecule is Cc1c(NC(=O)OCC2c3ccccc3-c3ccccc32)cc(C(=O)O)cc1N1CCN(C(=O)OC(C)(C)C)CC1. The Labute approximate surface area is 239 Å². The maximum atomic E-state index is 13.0. The number of nitrogens with zero attached hydrogens (tertiary/aromatic N) is 2. The number of hydrogen-bond acceptors (Lipinski definition) is 6. The highest BCUT2D eigenvalue weighted by atomic mass is 16.6. The summed E-state index contributed by atoms with van der Waals surface area (Å²) in [7, 11) is 0. The quantitative estimate of drug-likeness (QED) is 0.390. The molecule has 9 heteroatoms. The third kappa shape index (κ3) is 5.99. The number of anilines is 2. The van der Waals surface area contributed by atoms with Crippen molar-refractivity contribution in [2.45, 2.75) is 39.2 Å². The van der Waals surface area contributed by atoms with Crippen molar-refractivity contribution in [3.8, 4) is 11.1 Å². The lowest BCUT2D eigenvalue weighted by Crippen LogP contribution is -2.50. The number of carbonyl (C=O) groups is 3. The predicted octanol–water partition coefficient (Wildman–Crippen LogP) is 6.11. The lowest BCUT2D eigenvalue weighted by atomic mass is 9.98. The Kier molecular flexibility index (Phi) is 7.62. The van der Waals surface area contributed by atoms with Gasteiger partial charge < -0.3 is 24.4 Å². The van der Waals surface area contributed by atoms with Gasteiger partial charge in [-0.3, -0.25) is 5.32 Å². The fraction of sp³-hybridized carbons (Fsp3) is 0.344. The summed E-state index contributed by atoms with van der Waals surface area (Å²) in [6, 6.07) is 19.3.